The van der Waals surface area contributed by atoms with Crippen molar-refractivity contribution >= 4 is 11.6 Å². The average Bonchev–Trinajstić information content (AvgIpc) is 2.76. The van der Waals surface area contributed by atoms with Gasteiger partial charge >= 0.3 is 0 Å². The Bertz CT molecular complexity index is 436. The van der Waals surface area contributed by atoms with Gasteiger partial charge in [-0.1, -0.05) is 130 Å². The van der Waals surface area contributed by atoms with Gasteiger partial charge in [-0.15, -0.1) is 0 Å². The second-order valence-electron chi connectivity index (χ2n) is 9.03. The zero-order valence-electron chi connectivity index (χ0n) is 21.5. The maximum Gasteiger partial charge on any atom is 0.157 e. The van der Waals surface area contributed by atoms with Crippen molar-refractivity contribution in [1.82, 2.24) is 0 Å². The number of rotatable bonds is 22. The highest BCUT2D eigenvalue weighted by atomic mass is 16.1. The van der Waals surface area contributed by atoms with Crippen LogP contribution in [0.2, 0.25) is 0 Å². The van der Waals surface area contributed by atoms with E-state index in [0.29, 0.717) is 18.4 Å². The number of Topliss-reactive ketones (excluding diaryl/α,β-unsaturated/α-hetero) is 1. The van der Waals surface area contributed by atoms with Crippen LogP contribution in [0.25, 0.3) is 0 Å². The fourth-order valence-electron chi connectivity index (χ4n) is 3.52. The van der Waals surface area contributed by atoms with Crippen molar-refractivity contribution < 1.29 is 9.59 Å². The summed E-state index contributed by atoms with van der Waals surface area (Å²) in [5, 5.41) is 0. The van der Waals surface area contributed by atoms with Crippen molar-refractivity contribution in [1.29, 1.82) is 0 Å². The summed E-state index contributed by atoms with van der Waals surface area (Å²) < 4.78 is 0. The highest BCUT2D eigenvalue weighted by Gasteiger charge is 2.01. The molecule has 0 unspecified atom stereocenters. The smallest absolute Gasteiger partial charge is 0.157 e. The molecule has 0 fully saturated rings. The lowest BCUT2D eigenvalue weighted by Gasteiger charge is -2.02. The van der Waals surface area contributed by atoms with Crippen LogP contribution in [0.15, 0.2) is 24.8 Å². The van der Waals surface area contributed by atoms with Crippen LogP contribution < -0.4 is 0 Å². The molecule has 0 radical (unpaired) electrons. The molecular formula is C29H54O2. The molecule has 0 aliphatic heterocycles. The van der Waals surface area contributed by atoms with Gasteiger partial charge in [0.05, 0.1) is 0 Å². The third kappa shape index (κ3) is 28.8. The number of hydrogen-bond donors (Lipinski definition) is 0. The summed E-state index contributed by atoms with van der Waals surface area (Å²) in [6.45, 7) is 13.4. The van der Waals surface area contributed by atoms with E-state index >= 15 is 0 Å². The van der Waals surface area contributed by atoms with E-state index in [2.05, 4.69) is 27.0 Å². The molecule has 0 aromatic heterocycles. The Kier molecular flexibility index (Phi) is 27.7. The molecule has 0 saturated heterocycles. The second kappa shape index (κ2) is 26.9. The topological polar surface area (TPSA) is 34.1 Å². The average molecular weight is 435 g/mol. The predicted octanol–water partition coefficient (Wildman–Crippen LogP) is 9.71. The minimum atomic E-state index is 0.188. The lowest BCUT2D eigenvalue weighted by atomic mass is 10.0. The van der Waals surface area contributed by atoms with Gasteiger partial charge in [0.15, 0.2) is 11.6 Å². The minimum absolute atomic E-state index is 0.188. The molecule has 0 spiro atoms. The Hall–Kier alpha value is -1.18. The molecule has 0 amide bonds. The molecule has 31 heavy (non-hydrogen) atoms. The summed E-state index contributed by atoms with van der Waals surface area (Å²) in [6, 6.07) is 0. The Morgan fingerprint density at radius 1 is 0.581 bits per heavy atom. The third-order valence-electron chi connectivity index (χ3n) is 5.74. The molecule has 2 nitrogen and oxygen atoms in total. The van der Waals surface area contributed by atoms with Crippen LogP contribution in [0.1, 0.15) is 149 Å². The molecule has 0 N–H and O–H groups in total. The standard InChI is InChI=1S/C17H32O.C12H22O/c1-4-5-6-7-8-9-10-11-12-13-14-15-17(18)16(2)3;1-3-5-6-7-8-9-10-11-12(13)4-2/h2,4-15H2,1,3H3;4H,2-3,5-11H2,1H3. The van der Waals surface area contributed by atoms with Gasteiger partial charge in [0.1, 0.15) is 0 Å². The van der Waals surface area contributed by atoms with Crippen molar-refractivity contribution in [2.75, 3.05) is 0 Å². The van der Waals surface area contributed by atoms with Crippen molar-refractivity contribution in [2.45, 2.75) is 149 Å². The molecule has 0 heterocycles. The van der Waals surface area contributed by atoms with E-state index in [9.17, 15) is 9.59 Å². The van der Waals surface area contributed by atoms with E-state index in [4.69, 9.17) is 0 Å². The number of allylic oxidation sites excluding steroid dienone is 2. The molecule has 182 valence electrons. The van der Waals surface area contributed by atoms with Crippen LogP contribution in [0.4, 0.5) is 0 Å². The first-order valence-corrected chi connectivity index (χ1v) is 13.3. The quantitative estimate of drug-likeness (QED) is 0.125. The largest absolute Gasteiger partial charge is 0.295 e. The fraction of sp³-hybridized carbons (Fsp3) is 0.793. The lowest BCUT2D eigenvalue weighted by molar-refractivity contribution is -0.116. The Labute approximate surface area is 195 Å². The van der Waals surface area contributed by atoms with Crippen molar-refractivity contribution in [3.63, 3.8) is 0 Å². The highest BCUT2D eigenvalue weighted by molar-refractivity contribution is 5.94. The van der Waals surface area contributed by atoms with E-state index in [-0.39, 0.29) is 11.6 Å². The summed E-state index contributed by atoms with van der Waals surface area (Å²) in [5.41, 5.74) is 0.710. The van der Waals surface area contributed by atoms with Gasteiger partial charge in [0.2, 0.25) is 0 Å². The van der Waals surface area contributed by atoms with Crippen LogP contribution in [0.3, 0.4) is 0 Å². The Balaban J connectivity index is 0. The number of hydrogen-bond acceptors (Lipinski definition) is 2. The van der Waals surface area contributed by atoms with Crippen molar-refractivity contribution in [3.8, 4) is 0 Å². The highest BCUT2D eigenvalue weighted by Crippen LogP contribution is 2.12. The minimum Gasteiger partial charge on any atom is -0.295 e. The van der Waals surface area contributed by atoms with Crippen LogP contribution in [-0.2, 0) is 9.59 Å². The summed E-state index contributed by atoms with van der Waals surface area (Å²) in [4.78, 5) is 22.1. The summed E-state index contributed by atoms with van der Waals surface area (Å²) in [5.74, 6) is 0.430. The van der Waals surface area contributed by atoms with Gasteiger partial charge in [-0.05, 0) is 31.4 Å². The molecule has 2 heteroatoms. The lowest BCUT2D eigenvalue weighted by Crippen LogP contribution is -1.97. The van der Waals surface area contributed by atoms with Crippen LogP contribution >= 0.6 is 0 Å². The monoisotopic (exact) mass is 434 g/mol. The molecule has 0 saturated carbocycles. The molecular weight excluding hydrogens is 380 g/mol. The number of ketones is 2. The van der Waals surface area contributed by atoms with Crippen LogP contribution in [0, 0.1) is 0 Å². The van der Waals surface area contributed by atoms with Gasteiger partial charge < -0.3 is 0 Å². The summed E-state index contributed by atoms with van der Waals surface area (Å²) in [7, 11) is 0. The summed E-state index contributed by atoms with van der Waals surface area (Å²) in [6.07, 6.45) is 26.3. The molecule has 0 bridgehead atoms. The molecule has 0 rings (SSSR count). The fourth-order valence-corrected chi connectivity index (χ4v) is 3.52. The van der Waals surface area contributed by atoms with Crippen molar-refractivity contribution in [3.05, 3.63) is 24.8 Å². The van der Waals surface area contributed by atoms with Crippen molar-refractivity contribution in [2.24, 2.45) is 0 Å². The van der Waals surface area contributed by atoms with Gasteiger partial charge in [0.25, 0.3) is 0 Å². The van der Waals surface area contributed by atoms with E-state index in [1.807, 2.05) is 0 Å². The number of carbonyl (C=O) groups excluding carboxylic acids is 2. The zero-order valence-corrected chi connectivity index (χ0v) is 21.5. The number of unbranched alkanes of at least 4 members (excludes halogenated alkanes) is 16. The normalized spacial score (nSPS) is 10.3. The van der Waals surface area contributed by atoms with E-state index in [1.54, 1.807) is 6.92 Å². The van der Waals surface area contributed by atoms with Gasteiger partial charge in [-0.2, -0.15) is 0 Å². The van der Waals surface area contributed by atoms with E-state index in [1.165, 1.54) is 109 Å². The molecule has 0 atom stereocenters. The number of carbonyl (C=O) groups is 2. The van der Waals surface area contributed by atoms with E-state index in [0.717, 1.165) is 12.8 Å². The Morgan fingerprint density at radius 2 is 0.903 bits per heavy atom. The maximum absolute atomic E-state index is 11.3. The van der Waals surface area contributed by atoms with Crippen LogP contribution in [-0.4, -0.2) is 11.6 Å². The van der Waals surface area contributed by atoms with Gasteiger partial charge in [0, 0.05) is 12.8 Å². The maximum atomic E-state index is 11.3. The predicted molar refractivity (Wildman–Crippen MR) is 139 cm³/mol. The first kappa shape index (κ1) is 32.0. The van der Waals surface area contributed by atoms with Gasteiger partial charge in [-0.25, -0.2) is 0 Å². The molecule has 0 aromatic carbocycles. The van der Waals surface area contributed by atoms with E-state index < -0.39 is 0 Å². The molecule has 0 aliphatic rings. The molecule has 0 aromatic rings. The van der Waals surface area contributed by atoms with Gasteiger partial charge in [-0.3, -0.25) is 9.59 Å². The first-order chi connectivity index (χ1) is 15.0. The first-order valence-electron chi connectivity index (χ1n) is 13.3. The molecule has 0 aliphatic carbocycles. The van der Waals surface area contributed by atoms with Crippen LogP contribution in [0.5, 0.6) is 0 Å². The third-order valence-corrected chi connectivity index (χ3v) is 5.74. The second-order valence-corrected chi connectivity index (χ2v) is 9.03. The SMILES string of the molecule is C=C(C)C(=O)CCCCCCCCCCCCC.C=CC(=O)CCCCCCCCC. The zero-order chi connectivity index (χ0) is 23.6. The Morgan fingerprint density at radius 3 is 1.23 bits per heavy atom. The summed E-state index contributed by atoms with van der Waals surface area (Å²) >= 11 is 0.